The first-order valence-corrected chi connectivity index (χ1v) is 6.18. The van der Waals surface area contributed by atoms with E-state index in [0.717, 1.165) is 19.6 Å². The fourth-order valence-electron chi connectivity index (χ4n) is 1.38. The highest BCUT2D eigenvalue weighted by Crippen LogP contribution is 2.27. The maximum atomic E-state index is 5.22. The molecule has 1 rings (SSSR count). The highest BCUT2D eigenvalue weighted by molar-refractivity contribution is 4.98. The van der Waals surface area contributed by atoms with Gasteiger partial charge in [-0.3, -0.25) is 0 Å². The first kappa shape index (κ1) is 16.9. The summed E-state index contributed by atoms with van der Waals surface area (Å²) in [5.41, 5.74) is 0.298. The summed E-state index contributed by atoms with van der Waals surface area (Å²) in [7, 11) is 2.12. The quantitative estimate of drug-likeness (QED) is 0.712. The van der Waals surface area contributed by atoms with Crippen LogP contribution in [0.4, 0.5) is 0 Å². The van der Waals surface area contributed by atoms with Gasteiger partial charge in [-0.2, -0.15) is 0 Å². The number of allylic oxidation sites excluding steroid dienone is 1. The van der Waals surface area contributed by atoms with Gasteiger partial charge in [0, 0.05) is 7.05 Å². The standard InChI is InChI=1S/C9H17NO.2C2H6/c1-4-6-10(3)9(5-2)7-11-8-9;2*1-2/h4,6H,5,7-8H2,1-3H3;2*1-2H3/b6-4-;;. The fraction of sp³-hybridized carbons (Fsp3) is 0.846. The zero-order valence-electron chi connectivity index (χ0n) is 11.6. The molecule has 0 radical (unpaired) electrons. The Morgan fingerprint density at radius 2 is 1.67 bits per heavy atom. The van der Waals surface area contributed by atoms with Crippen LogP contribution in [-0.4, -0.2) is 30.7 Å². The third-order valence-corrected chi connectivity index (χ3v) is 2.52. The molecule has 0 saturated carbocycles. The highest BCUT2D eigenvalue weighted by atomic mass is 16.5. The third kappa shape index (κ3) is 4.70. The minimum Gasteiger partial charge on any atom is -0.376 e. The number of likely N-dealkylation sites (N-methyl/N-ethyl adjacent to an activating group) is 1. The molecule has 0 unspecified atom stereocenters. The van der Waals surface area contributed by atoms with Gasteiger partial charge in [-0.1, -0.05) is 40.7 Å². The maximum Gasteiger partial charge on any atom is 0.0856 e. The Balaban J connectivity index is 0. The maximum absolute atomic E-state index is 5.22. The molecule has 0 aromatic rings. The lowest BCUT2D eigenvalue weighted by molar-refractivity contribution is -0.119. The molecule has 0 N–H and O–H groups in total. The first-order valence-electron chi connectivity index (χ1n) is 6.18. The van der Waals surface area contributed by atoms with Crippen molar-refractivity contribution in [1.29, 1.82) is 0 Å². The topological polar surface area (TPSA) is 12.5 Å². The lowest BCUT2D eigenvalue weighted by Crippen LogP contribution is -2.58. The second-order valence-corrected chi connectivity index (χ2v) is 3.16. The van der Waals surface area contributed by atoms with Crippen molar-refractivity contribution in [3.8, 4) is 0 Å². The van der Waals surface area contributed by atoms with E-state index in [9.17, 15) is 0 Å². The van der Waals surface area contributed by atoms with Crippen LogP contribution < -0.4 is 0 Å². The minimum atomic E-state index is 0.298. The minimum absolute atomic E-state index is 0.298. The van der Waals surface area contributed by atoms with Gasteiger partial charge < -0.3 is 9.64 Å². The molecule has 1 heterocycles. The van der Waals surface area contributed by atoms with Crippen LogP contribution in [-0.2, 0) is 4.74 Å². The molecule has 0 atom stereocenters. The van der Waals surface area contributed by atoms with Crippen molar-refractivity contribution in [2.75, 3.05) is 20.3 Å². The molecular weight excluding hydrogens is 186 g/mol. The van der Waals surface area contributed by atoms with E-state index >= 15 is 0 Å². The van der Waals surface area contributed by atoms with Gasteiger partial charge in [0.05, 0.1) is 18.8 Å². The van der Waals surface area contributed by atoms with Crippen molar-refractivity contribution in [2.24, 2.45) is 0 Å². The van der Waals surface area contributed by atoms with Gasteiger partial charge in [-0.05, 0) is 19.5 Å². The zero-order chi connectivity index (χ0) is 12.3. The zero-order valence-corrected chi connectivity index (χ0v) is 11.6. The van der Waals surface area contributed by atoms with Crippen molar-refractivity contribution < 1.29 is 4.74 Å². The molecule has 0 aliphatic carbocycles. The second-order valence-electron chi connectivity index (χ2n) is 3.16. The summed E-state index contributed by atoms with van der Waals surface area (Å²) in [6.45, 7) is 14.0. The molecular formula is C13H29NO. The SMILES string of the molecule is C/C=C\N(C)C1(CC)COC1.CC.CC. The molecule has 0 aromatic heterocycles. The molecule has 0 bridgehead atoms. The number of nitrogens with zero attached hydrogens (tertiary/aromatic N) is 1. The van der Waals surface area contributed by atoms with E-state index in [-0.39, 0.29) is 0 Å². The first-order chi connectivity index (χ1) is 7.25. The average molecular weight is 215 g/mol. The Hall–Kier alpha value is -0.500. The van der Waals surface area contributed by atoms with Crippen molar-refractivity contribution in [2.45, 2.75) is 53.5 Å². The van der Waals surface area contributed by atoms with Crippen LogP contribution in [0.25, 0.3) is 0 Å². The van der Waals surface area contributed by atoms with Gasteiger partial charge in [0.15, 0.2) is 0 Å². The van der Waals surface area contributed by atoms with E-state index in [2.05, 4.69) is 31.1 Å². The smallest absolute Gasteiger partial charge is 0.0856 e. The van der Waals surface area contributed by atoms with Crippen LogP contribution in [0.1, 0.15) is 48.0 Å². The monoisotopic (exact) mass is 215 g/mol. The lowest BCUT2D eigenvalue weighted by atomic mass is 9.92. The predicted octanol–water partition coefficient (Wildman–Crippen LogP) is 3.68. The fourth-order valence-corrected chi connectivity index (χ4v) is 1.38. The van der Waals surface area contributed by atoms with Crippen LogP contribution in [0.15, 0.2) is 12.3 Å². The van der Waals surface area contributed by atoms with E-state index in [1.165, 1.54) is 0 Å². The molecule has 2 heteroatoms. The number of ether oxygens (including phenoxy) is 1. The highest BCUT2D eigenvalue weighted by Gasteiger charge is 2.39. The van der Waals surface area contributed by atoms with Crippen molar-refractivity contribution in [3.05, 3.63) is 12.3 Å². The van der Waals surface area contributed by atoms with Crippen molar-refractivity contribution in [3.63, 3.8) is 0 Å². The normalized spacial score (nSPS) is 16.7. The number of hydrogen-bond acceptors (Lipinski definition) is 2. The average Bonchev–Trinajstić information content (AvgIpc) is 2.23. The molecule has 1 fully saturated rings. The molecule has 1 aliphatic rings. The summed E-state index contributed by atoms with van der Waals surface area (Å²) in [5, 5.41) is 0. The van der Waals surface area contributed by atoms with Gasteiger partial charge in [-0.25, -0.2) is 0 Å². The Morgan fingerprint density at radius 3 is 1.87 bits per heavy atom. The van der Waals surface area contributed by atoms with E-state index in [4.69, 9.17) is 4.74 Å². The summed E-state index contributed by atoms with van der Waals surface area (Å²) in [5.74, 6) is 0. The van der Waals surface area contributed by atoms with Gasteiger partial charge in [-0.15, -0.1) is 0 Å². The van der Waals surface area contributed by atoms with Gasteiger partial charge >= 0.3 is 0 Å². The number of rotatable bonds is 3. The van der Waals surface area contributed by atoms with E-state index in [1.54, 1.807) is 0 Å². The predicted molar refractivity (Wildman–Crippen MR) is 69.1 cm³/mol. The van der Waals surface area contributed by atoms with Crippen LogP contribution in [0, 0.1) is 0 Å². The lowest BCUT2D eigenvalue weighted by Gasteiger charge is -2.47. The summed E-state index contributed by atoms with van der Waals surface area (Å²) >= 11 is 0. The van der Waals surface area contributed by atoms with Crippen LogP contribution in [0.5, 0.6) is 0 Å². The summed E-state index contributed by atoms with van der Waals surface area (Å²) in [6, 6.07) is 0. The molecule has 0 aromatic carbocycles. The van der Waals surface area contributed by atoms with Crippen LogP contribution in [0.3, 0.4) is 0 Å². The van der Waals surface area contributed by atoms with Crippen molar-refractivity contribution in [1.82, 2.24) is 4.90 Å². The largest absolute Gasteiger partial charge is 0.376 e. The van der Waals surface area contributed by atoms with E-state index in [0.29, 0.717) is 5.54 Å². The summed E-state index contributed by atoms with van der Waals surface area (Å²) in [6.07, 6.45) is 5.34. The number of hydrogen-bond donors (Lipinski definition) is 0. The van der Waals surface area contributed by atoms with Gasteiger partial charge in [0.25, 0.3) is 0 Å². The molecule has 15 heavy (non-hydrogen) atoms. The second kappa shape index (κ2) is 10.0. The molecule has 1 aliphatic heterocycles. The molecule has 0 amide bonds. The Labute approximate surface area is 96.3 Å². The Morgan fingerprint density at radius 1 is 1.20 bits per heavy atom. The van der Waals surface area contributed by atoms with Crippen LogP contribution >= 0.6 is 0 Å². The van der Waals surface area contributed by atoms with E-state index in [1.807, 2.05) is 34.6 Å². The Kier molecular flexibility index (Phi) is 11.3. The molecule has 0 spiro atoms. The van der Waals surface area contributed by atoms with Crippen LogP contribution in [0.2, 0.25) is 0 Å². The molecule has 1 saturated heterocycles. The van der Waals surface area contributed by atoms with Crippen molar-refractivity contribution >= 4 is 0 Å². The molecule has 92 valence electrons. The Bertz CT molecular complexity index is 145. The molecule has 2 nitrogen and oxygen atoms in total. The van der Waals surface area contributed by atoms with Gasteiger partial charge in [0.2, 0.25) is 0 Å². The third-order valence-electron chi connectivity index (χ3n) is 2.52. The van der Waals surface area contributed by atoms with Gasteiger partial charge in [0.1, 0.15) is 0 Å². The van der Waals surface area contributed by atoms with E-state index < -0.39 is 0 Å². The summed E-state index contributed by atoms with van der Waals surface area (Å²) < 4.78 is 5.22. The summed E-state index contributed by atoms with van der Waals surface area (Å²) in [4.78, 5) is 2.26.